The predicted octanol–water partition coefficient (Wildman–Crippen LogP) is 6.96. The van der Waals surface area contributed by atoms with Gasteiger partial charge in [0.1, 0.15) is 0 Å². The van der Waals surface area contributed by atoms with Crippen molar-refractivity contribution < 1.29 is 22.6 Å². The standard InChI is InChI=1S/C23H35O5PSi/c1-20(17-27-30(5,6)23(2,3)4)28-29(24,25-18-21-13-9-7-10-14-21)26-19-22-15-11-8-12-16-22/h7-16,20H,17-19H2,1-6H3. The predicted molar refractivity (Wildman–Crippen MR) is 124 cm³/mol. The van der Waals surface area contributed by atoms with Gasteiger partial charge in [0.25, 0.3) is 0 Å². The molecule has 0 aliphatic carbocycles. The molecular weight excluding hydrogens is 415 g/mol. The molecule has 30 heavy (non-hydrogen) atoms. The number of hydrogen-bond donors (Lipinski definition) is 0. The zero-order chi connectivity index (χ0) is 22.3. The molecule has 0 spiro atoms. The second-order valence-corrected chi connectivity index (χ2v) is 15.4. The average molecular weight is 451 g/mol. The Morgan fingerprint density at radius 2 is 1.30 bits per heavy atom. The van der Waals surface area contributed by atoms with Crippen molar-refractivity contribution in [1.82, 2.24) is 0 Å². The Bertz CT molecular complexity index is 758. The summed E-state index contributed by atoms with van der Waals surface area (Å²) in [7, 11) is -5.73. The van der Waals surface area contributed by atoms with Gasteiger partial charge in [0.15, 0.2) is 8.32 Å². The number of rotatable bonds is 11. The Morgan fingerprint density at radius 1 is 0.867 bits per heavy atom. The van der Waals surface area contributed by atoms with E-state index >= 15 is 0 Å². The lowest BCUT2D eigenvalue weighted by Crippen LogP contribution is -2.42. The van der Waals surface area contributed by atoms with Gasteiger partial charge in [-0.05, 0) is 36.2 Å². The molecule has 0 N–H and O–H groups in total. The van der Waals surface area contributed by atoms with E-state index in [1.165, 1.54) is 0 Å². The van der Waals surface area contributed by atoms with Gasteiger partial charge in [0.05, 0.1) is 25.9 Å². The van der Waals surface area contributed by atoms with E-state index < -0.39 is 22.2 Å². The summed E-state index contributed by atoms with van der Waals surface area (Å²) >= 11 is 0. The second kappa shape index (κ2) is 10.8. The van der Waals surface area contributed by atoms with Crippen LogP contribution in [0.3, 0.4) is 0 Å². The van der Waals surface area contributed by atoms with E-state index in [1.807, 2.05) is 67.6 Å². The topological polar surface area (TPSA) is 54.0 Å². The van der Waals surface area contributed by atoms with E-state index in [1.54, 1.807) is 0 Å². The zero-order valence-electron chi connectivity index (χ0n) is 19.0. The third kappa shape index (κ3) is 8.10. The molecule has 0 saturated heterocycles. The molecule has 0 saturated carbocycles. The largest absolute Gasteiger partial charge is 0.475 e. The monoisotopic (exact) mass is 450 g/mol. The van der Waals surface area contributed by atoms with Gasteiger partial charge < -0.3 is 4.43 Å². The molecule has 1 atom stereocenters. The van der Waals surface area contributed by atoms with E-state index in [0.717, 1.165) is 11.1 Å². The highest BCUT2D eigenvalue weighted by atomic mass is 31.2. The number of hydrogen-bond acceptors (Lipinski definition) is 5. The summed E-state index contributed by atoms with van der Waals surface area (Å²) in [6, 6.07) is 19.1. The quantitative estimate of drug-likeness (QED) is 0.274. The zero-order valence-corrected chi connectivity index (χ0v) is 20.9. The van der Waals surface area contributed by atoms with E-state index in [-0.39, 0.29) is 18.3 Å². The van der Waals surface area contributed by atoms with Crippen LogP contribution in [0.15, 0.2) is 60.7 Å². The van der Waals surface area contributed by atoms with Crippen LogP contribution in [-0.4, -0.2) is 21.0 Å². The minimum Gasteiger partial charge on any atom is -0.414 e. The molecular formula is C23H35O5PSi. The van der Waals surface area contributed by atoms with Crippen LogP contribution in [0, 0.1) is 0 Å². The average Bonchev–Trinajstić information content (AvgIpc) is 2.70. The molecule has 2 aromatic carbocycles. The molecule has 0 aliphatic heterocycles. The third-order valence-corrected chi connectivity index (χ3v) is 11.3. The maximum absolute atomic E-state index is 13.4. The van der Waals surface area contributed by atoms with Crippen LogP contribution in [0.25, 0.3) is 0 Å². The van der Waals surface area contributed by atoms with Crippen molar-refractivity contribution in [2.45, 2.75) is 65.1 Å². The van der Waals surface area contributed by atoms with Crippen molar-refractivity contribution in [1.29, 1.82) is 0 Å². The van der Waals surface area contributed by atoms with Gasteiger partial charge in [-0.3, -0.25) is 13.6 Å². The van der Waals surface area contributed by atoms with Gasteiger partial charge in [-0.15, -0.1) is 0 Å². The first-order valence-electron chi connectivity index (χ1n) is 10.3. The lowest BCUT2D eigenvalue weighted by Gasteiger charge is -2.37. The van der Waals surface area contributed by atoms with Gasteiger partial charge >= 0.3 is 7.82 Å². The fraction of sp³-hybridized carbons (Fsp3) is 0.478. The molecule has 166 valence electrons. The lowest BCUT2D eigenvalue weighted by molar-refractivity contribution is 0.0531. The van der Waals surface area contributed by atoms with Crippen LogP contribution in [0.1, 0.15) is 38.8 Å². The third-order valence-electron chi connectivity index (χ3n) is 5.26. The van der Waals surface area contributed by atoms with Crippen LogP contribution in [0.2, 0.25) is 18.1 Å². The smallest absolute Gasteiger partial charge is 0.414 e. The van der Waals surface area contributed by atoms with Crippen molar-refractivity contribution in [3.8, 4) is 0 Å². The number of phosphoric ester groups is 1. The highest BCUT2D eigenvalue weighted by Gasteiger charge is 2.38. The molecule has 0 aromatic heterocycles. The van der Waals surface area contributed by atoms with Gasteiger partial charge in [-0.2, -0.15) is 0 Å². The fourth-order valence-electron chi connectivity index (χ4n) is 2.35. The Kier molecular flexibility index (Phi) is 9.04. The Balaban J connectivity index is 2.02. The van der Waals surface area contributed by atoms with E-state index in [9.17, 15) is 4.57 Å². The molecule has 2 rings (SSSR count). The lowest BCUT2D eigenvalue weighted by atomic mass is 10.2. The molecule has 0 radical (unpaired) electrons. The molecule has 7 heteroatoms. The summed E-state index contributed by atoms with van der Waals surface area (Å²) in [6.45, 7) is 13.4. The van der Waals surface area contributed by atoms with Crippen LogP contribution < -0.4 is 0 Å². The summed E-state index contributed by atoms with van der Waals surface area (Å²) in [5.41, 5.74) is 1.80. The van der Waals surface area contributed by atoms with Gasteiger partial charge in [-0.25, -0.2) is 4.57 Å². The first kappa shape index (κ1) is 25.0. The summed E-state index contributed by atoms with van der Waals surface area (Å²) in [5.74, 6) is 0. The van der Waals surface area contributed by atoms with Crippen molar-refractivity contribution in [3.63, 3.8) is 0 Å². The molecule has 0 amide bonds. The summed E-state index contributed by atoms with van der Waals surface area (Å²) < 4.78 is 36.7. The van der Waals surface area contributed by atoms with Crippen LogP contribution in [0.5, 0.6) is 0 Å². The minimum atomic E-state index is -3.79. The maximum Gasteiger partial charge on any atom is 0.475 e. The highest BCUT2D eigenvalue weighted by molar-refractivity contribution is 7.48. The maximum atomic E-state index is 13.4. The molecule has 1 unspecified atom stereocenters. The van der Waals surface area contributed by atoms with Crippen molar-refractivity contribution >= 4 is 16.1 Å². The Morgan fingerprint density at radius 3 is 1.70 bits per heavy atom. The summed E-state index contributed by atoms with van der Waals surface area (Å²) in [4.78, 5) is 0. The van der Waals surface area contributed by atoms with Crippen LogP contribution in [0.4, 0.5) is 0 Å². The summed E-state index contributed by atoms with van der Waals surface area (Å²) in [6.07, 6.45) is -0.434. The van der Waals surface area contributed by atoms with E-state index in [4.69, 9.17) is 18.0 Å². The van der Waals surface area contributed by atoms with Crippen molar-refractivity contribution in [2.24, 2.45) is 0 Å². The molecule has 0 bridgehead atoms. The van der Waals surface area contributed by atoms with Gasteiger partial charge in [0, 0.05) is 0 Å². The van der Waals surface area contributed by atoms with Crippen LogP contribution >= 0.6 is 7.82 Å². The molecule has 5 nitrogen and oxygen atoms in total. The van der Waals surface area contributed by atoms with Gasteiger partial charge in [0.2, 0.25) is 0 Å². The van der Waals surface area contributed by atoms with Crippen molar-refractivity contribution in [2.75, 3.05) is 6.61 Å². The number of phosphoric acid groups is 1. The van der Waals surface area contributed by atoms with E-state index in [0.29, 0.717) is 6.61 Å². The molecule has 0 aliphatic rings. The minimum absolute atomic E-state index is 0.0873. The van der Waals surface area contributed by atoms with Gasteiger partial charge in [-0.1, -0.05) is 81.4 Å². The molecule has 2 aromatic rings. The SMILES string of the molecule is CC(CO[Si](C)(C)C(C)(C)C)OP(=O)(OCc1ccccc1)OCc1ccccc1. The van der Waals surface area contributed by atoms with Crippen LogP contribution in [-0.2, 0) is 35.8 Å². The molecule has 0 heterocycles. The van der Waals surface area contributed by atoms with E-state index in [2.05, 4.69) is 33.9 Å². The number of benzene rings is 2. The Labute approximate surface area is 182 Å². The summed E-state index contributed by atoms with van der Waals surface area (Å²) in [5, 5.41) is 0.0873. The normalized spacial score (nSPS) is 13.9. The Hall–Kier alpha value is -1.27. The highest BCUT2D eigenvalue weighted by Crippen LogP contribution is 2.52. The first-order valence-corrected chi connectivity index (χ1v) is 14.7. The fourth-order valence-corrected chi connectivity index (χ4v) is 4.74. The second-order valence-electron chi connectivity index (χ2n) is 8.95. The molecule has 0 fully saturated rings. The van der Waals surface area contributed by atoms with Crippen molar-refractivity contribution in [3.05, 3.63) is 71.8 Å². The first-order chi connectivity index (χ1) is 14.0.